The fourth-order valence-corrected chi connectivity index (χ4v) is 4.48. The monoisotopic (exact) mass is 500 g/mol. The molecule has 1 aliphatic heterocycles. The van der Waals surface area contributed by atoms with Gasteiger partial charge >= 0.3 is 5.97 Å². The van der Waals surface area contributed by atoms with Crippen molar-refractivity contribution in [3.8, 4) is 5.75 Å². The highest BCUT2D eigenvalue weighted by Gasteiger charge is 2.32. The van der Waals surface area contributed by atoms with Crippen LogP contribution in [0, 0.1) is 5.82 Å². The molecule has 0 spiro atoms. The molecule has 0 bridgehead atoms. The van der Waals surface area contributed by atoms with Crippen molar-refractivity contribution in [2.75, 3.05) is 20.1 Å². The fraction of sp³-hybridized carbons (Fsp3) is 0.304. The van der Waals surface area contributed by atoms with E-state index in [1.54, 1.807) is 30.3 Å². The zero-order valence-electron chi connectivity index (χ0n) is 17.8. The molecule has 3 heterocycles. The molecule has 7 nitrogen and oxygen atoms in total. The average molecular weight is 501 g/mol. The molecule has 2 aromatic heterocycles. The minimum atomic E-state index is -0.530. The molecule has 0 unspecified atom stereocenters. The molecule has 0 saturated heterocycles. The number of halogens is 2. The quantitative estimate of drug-likeness (QED) is 0.398. The Morgan fingerprint density at radius 3 is 2.66 bits per heavy atom. The molecular weight excluding hydrogens is 479 g/mol. The van der Waals surface area contributed by atoms with E-state index in [0.717, 1.165) is 16.5 Å². The summed E-state index contributed by atoms with van der Waals surface area (Å²) in [6.07, 6.45) is 2.21. The van der Waals surface area contributed by atoms with Gasteiger partial charge in [0, 0.05) is 45.1 Å². The number of aromatic nitrogens is 2. The number of amides is 1. The number of ether oxygens (including phenoxy) is 1. The van der Waals surface area contributed by atoms with Crippen molar-refractivity contribution < 1.29 is 18.7 Å². The third-order valence-electron chi connectivity index (χ3n) is 5.49. The van der Waals surface area contributed by atoms with Gasteiger partial charge in [-0.15, -0.1) is 0 Å². The molecule has 9 heteroatoms. The summed E-state index contributed by atoms with van der Waals surface area (Å²) in [6.45, 7) is 2.73. The molecule has 3 aromatic rings. The SMILES string of the molecule is CN=c1c2c(CBr)ccnc2c(OC(C)=O)c2n1CCN(CCc1ccc(F)cc1)C2=O. The van der Waals surface area contributed by atoms with Gasteiger partial charge in [-0.05, 0) is 35.7 Å². The van der Waals surface area contributed by atoms with E-state index in [4.69, 9.17) is 4.74 Å². The molecule has 166 valence electrons. The lowest BCUT2D eigenvalue weighted by molar-refractivity contribution is -0.131. The molecular formula is C23H22BrFN4O3. The van der Waals surface area contributed by atoms with Gasteiger partial charge in [-0.3, -0.25) is 19.6 Å². The molecule has 0 N–H and O–H groups in total. The van der Waals surface area contributed by atoms with Crippen molar-refractivity contribution in [2.24, 2.45) is 4.99 Å². The van der Waals surface area contributed by atoms with Crippen LogP contribution in [0.15, 0.2) is 41.5 Å². The van der Waals surface area contributed by atoms with Crippen LogP contribution in [-0.4, -0.2) is 46.5 Å². The zero-order chi connectivity index (χ0) is 22.8. The number of carbonyl (C=O) groups excluding carboxylic acids is 2. The number of hydrogen-bond acceptors (Lipinski definition) is 5. The first-order valence-corrected chi connectivity index (χ1v) is 11.3. The van der Waals surface area contributed by atoms with E-state index in [9.17, 15) is 14.0 Å². The van der Waals surface area contributed by atoms with Crippen LogP contribution in [0.5, 0.6) is 5.75 Å². The Kier molecular flexibility index (Phi) is 6.36. The molecule has 0 aliphatic carbocycles. The number of carbonyl (C=O) groups is 2. The van der Waals surface area contributed by atoms with E-state index in [-0.39, 0.29) is 23.2 Å². The van der Waals surface area contributed by atoms with E-state index in [1.807, 2.05) is 10.6 Å². The number of rotatable bonds is 5. The Morgan fingerprint density at radius 1 is 1.25 bits per heavy atom. The highest BCUT2D eigenvalue weighted by atomic mass is 79.9. The van der Waals surface area contributed by atoms with Gasteiger partial charge in [0.15, 0.2) is 11.4 Å². The largest absolute Gasteiger partial charge is 0.422 e. The lowest BCUT2D eigenvalue weighted by atomic mass is 10.1. The summed E-state index contributed by atoms with van der Waals surface area (Å²) in [4.78, 5) is 36.1. The van der Waals surface area contributed by atoms with Crippen LogP contribution >= 0.6 is 15.9 Å². The highest BCUT2D eigenvalue weighted by Crippen LogP contribution is 2.31. The van der Waals surface area contributed by atoms with Gasteiger partial charge in [0.05, 0.1) is 5.39 Å². The predicted octanol–water partition coefficient (Wildman–Crippen LogP) is 3.22. The van der Waals surface area contributed by atoms with Crippen molar-refractivity contribution >= 4 is 38.7 Å². The molecule has 0 saturated carbocycles. The first-order chi connectivity index (χ1) is 15.4. The summed E-state index contributed by atoms with van der Waals surface area (Å²) < 4.78 is 20.5. The number of esters is 1. The van der Waals surface area contributed by atoms with Crippen LogP contribution in [0.25, 0.3) is 10.9 Å². The number of nitrogens with zero attached hydrogens (tertiary/aromatic N) is 4. The summed E-state index contributed by atoms with van der Waals surface area (Å²) in [7, 11) is 1.67. The minimum Gasteiger partial charge on any atom is -0.422 e. The number of alkyl halides is 1. The standard InChI is InChI=1S/C23H22BrFN4O3/c1-14(30)32-21-19-18(16(13-24)7-9-27-19)22(26-2)29-12-11-28(23(31)20(21)29)10-8-15-3-5-17(25)6-4-15/h3-7,9H,8,10-13H2,1-2H3. The molecule has 32 heavy (non-hydrogen) atoms. The third kappa shape index (κ3) is 4.04. The van der Waals surface area contributed by atoms with Crippen molar-refractivity contribution in [1.82, 2.24) is 14.5 Å². The first kappa shape index (κ1) is 22.1. The lowest BCUT2D eigenvalue weighted by Crippen LogP contribution is -2.46. The first-order valence-electron chi connectivity index (χ1n) is 10.2. The molecule has 1 amide bonds. The third-order valence-corrected chi connectivity index (χ3v) is 6.09. The maximum atomic E-state index is 13.5. The molecule has 1 aliphatic rings. The van der Waals surface area contributed by atoms with Gasteiger partial charge in [-0.2, -0.15) is 0 Å². The van der Waals surface area contributed by atoms with Gasteiger partial charge in [-0.25, -0.2) is 4.39 Å². The Bertz CT molecular complexity index is 1270. The van der Waals surface area contributed by atoms with Gasteiger partial charge in [-0.1, -0.05) is 28.1 Å². The Morgan fingerprint density at radius 2 is 2.00 bits per heavy atom. The Hall–Kier alpha value is -3.07. The van der Waals surface area contributed by atoms with E-state index in [2.05, 4.69) is 25.9 Å². The Labute approximate surface area is 192 Å². The Balaban J connectivity index is 1.82. The maximum absolute atomic E-state index is 13.5. The number of pyridine rings is 2. The number of benzene rings is 1. The second kappa shape index (κ2) is 9.20. The van der Waals surface area contributed by atoms with Crippen LogP contribution in [0.3, 0.4) is 0 Å². The smallest absolute Gasteiger partial charge is 0.308 e. The minimum absolute atomic E-state index is 0.152. The molecule has 0 fully saturated rings. The van der Waals surface area contributed by atoms with Crippen LogP contribution in [-0.2, 0) is 23.1 Å². The van der Waals surface area contributed by atoms with Crippen LogP contribution in [0.4, 0.5) is 4.39 Å². The topological polar surface area (TPSA) is 76.8 Å². The zero-order valence-corrected chi connectivity index (χ0v) is 19.4. The fourth-order valence-electron chi connectivity index (χ4n) is 4.01. The van der Waals surface area contributed by atoms with E-state index in [0.29, 0.717) is 42.4 Å². The van der Waals surface area contributed by atoms with Gasteiger partial charge in [0.2, 0.25) is 0 Å². The second-order valence-electron chi connectivity index (χ2n) is 7.47. The summed E-state index contributed by atoms with van der Waals surface area (Å²) in [6, 6.07) is 8.11. The van der Waals surface area contributed by atoms with Gasteiger partial charge in [0.25, 0.3) is 5.91 Å². The van der Waals surface area contributed by atoms with Crippen molar-refractivity contribution in [3.05, 3.63) is 64.7 Å². The highest BCUT2D eigenvalue weighted by molar-refractivity contribution is 9.08. The van der Waals surface area contributed by atoms with Crippen LogP contribution < -0.4 is 10.2 Å². The molecule has 1 aromatic carbocycles. The van der Waals surface area contributed by atoms with Crippen molar-refractivity contribution in [3.63, 3.8) is 0 Å². The molecule has 0 atom stereocenters. The van der Waals surface area contributed by atoms with E-state index >= 15 is 0 Å². The summed E-state index contributed by atoms with van der Waals surface area (Å²) in [5.74, 6) is -0.929. The predicted molar refractivity (Wildman–Crippen MR) is 121 cm³/mol. The molecule has 0 radical (unpaired) electrons. The number of hydrogen-bond donors (Lipinski definition) is 0. The van der Waals surface area contributed by atoms with E-state index < -0.39 is 5.97 Å². The van der Waals surface area contributed by atoms with Crippen LogP contribution in [0.2, 0.25) is 0 Å². The lowest BCUT2D eigenvalue weighted by Gasteiger charge is -2.31. The second-order valence-corrected chi connectivity index (χ2v) is 8.03. The average Bonchev–Trinajstić information content (AvgIpc) is 2.79. The van der Waals surface area contributed by atoms with Gasteiger partial charge in [0.1, 0.15) is 16.8 Å². The van der Waals surface area contributed by atoms with Gasteiger partial charge < -0.3 is 14.2 Å². The van der Waals surface area contributed by atoms with Crippen molar-refractivity contribution in [2.45, 2.75) is 25.2 Å². The van der Waals surface area contributed by atoms with E-state index in [1.165, 1.54) is 19.1 Å². The normalized spacial score (nSPS) is 14.1. The van der Waals surface area contributed by atoms with Crippen molar-refractivity contribution in [1.29, 1.82) is 0 Å². The summed E-state index contributed by atoms with van der Waals surface area (Å²) in [5, 5.41) is 1.31. The summed E-state index contributed by atoms with van der Waals surface area (Å²) >= 11 is 3.50. The maximum Gasteiger partial charge on any atom is 0.308 e. The molecule has 4 rings (SSSR count). The van der Waals surface area contributed by atoms with Crippen LogP contribution in [0.1, 0.15) is 28.5 Å². The summed E-state index contributed by atoms with van der Waals surface area (Å²) in [5.41, 5.74) is 3.19. The number of fused-ring (bicyclic) bond motifs is 2.